The summed E-state index contributed by atoms with van der Waals surface area (Å²) in [6.45, 7) is 3.41. The summed E-state index contributed by atoms with van der Waals surface area (Å²) in [5.74, 6) is 0.156. The van der Waals surface area contributed by atoms with E-state index in [0.29, 0.717) is 6.61 Å². The summed E-state index contributed by atoms with van der Waals surface area (Å²) in [5, 5.41) is 8.66. The van der Waals surface area contributed by atoms with Crippen LogP contribution in [0.3, 0.4) is 0 Å². The molecule has 0 saturated carbocycles. The predicted octanol–water partition coefficient (Wildman–Crippen LogP) is 2.54. The minimum absolute atomic E-state index is 0.254. The Kier molecular flexibility index (Phi) is 6.68. The van der Waals surface area contributed by atoms with Crippen LogP contribution >= 0.6 is 0 Å². The van der Waals surface area contributed by atoms with E-state index in [9.17, 15) is 4.79 Å². The third-order valence-corrected chi connectivity index (χ3v) is 4.07. The van der Waals surface area contributed by atoms with E-state index >= 15 is 0 Å². The third kappa shape index (κ3) is 5.31. The number of rotatable bonds is 8. The number of likely N-dealkylation sites (tertiary alicyclic amines) is 1. The minimum atomic E-state index is -0.713. The van der Waals surface area contributed by atoms with E-state index < -0.39 is 5.97 Å². The van der Waals surface area contributed by atoms with Gasteiger partial charge in [-0.15, -0.1) is 0 Å². The highest BCUT2D eigenvalue weighted by molar-refractivity contribution is 5.66. The molecule has 0 atom stereocenters. The fraction of sp³-hybridized carbons (Fsp3) is 0.588. The maximum atomic E-state index is 10.5. The van der Waals surface area contributed by atoms with Gasteiger partial charge in [-0.3, -0.25) is 4.79 Å². The number of carboxylic acids is 1. The summed E-state index contributed by atoms with van der Waals surface area (Å²) in [6.07, 6.45) is 3.26. The summed E-state index contributed by atoms with van der Waals surface area (Å²) in [6, 6.07) is 7.92. The number of benzene rings is 1. The molecule has 1 aromatic rings. The molecule has 2 rings (SSSR count). The van der Waals surface area contributed by atoms with E-state index in [2.05, 4.69) is 4.90 Å². The van der Waals surface area contributed by atoms with Gasteiger partial charge in [-0.25, -0.2) is 0 Å². The van der Waals surface area contributed by atoms with Gasteiger partial charge in [0, 0.05) is 25.1 Å². The molecule has 0 aliphatic carbocycles. The minimum Gasteiger partial charge on any atom is -0.496 e. The average molecular weight is 307 g/mol. The number of nitrogens with zero attached hydrogens (tertiary/aromatic N) is 1. The number of hydrogen-bond acceptors (Lipinski definition) is 4. The smallest absolute Gasteiger partial charge is 0.303 e. The summed E-state index contributed by atoms with van der Waals surface area (Å²) >= 11 is 0. The second-order valence-corrected chi connectivity index (χ2v) is 5.66. The quantitative estimate of drug-likeness (QED) is 0.800. The molecule has 0 spiro atoms. The van der Waals surface area contributed by atoms with Gasteiger partial charge in [-0.1, -0.05) is 18.2 Å². The molecule has 0 amide bonds. The normalized spacial score (nSPS) is 16.6. The number of hydrogen-bond donors (Lipinski definition) is 1. The Labute approximate surface area is 131 Å². The van der Waals surface area contributed by atoms with E-state index in [0.717, 1.165) is 50.2 Å². The summed E-state index contributed by atoms with van der Waals surface area (Å²) in [4.78, 5) is 12.8. The zero-order chi connectivity index (χ0) is 15.8. The van der Waals surface area contributed by atoms with Crippen molar-refractivity contribution in [2.75, 3.05) is 26.7 Å². The summed E-state index contributed by atoms with van der Waals surface area (Å²) < 4.78 is 11.3. The first-order chi connectivity index (χ1) is 10.7. The maximum absolute atomic E-state index is 10.5. The molecule has 0 aromatic heterocycles. The van der Waals surface area contributed by atoms with Crippen molar-refractivity contribution in [3.63, 3.8) is 0 Å². The first kappa shape index (κ1) is 16.8. The molecule has 0 radical (unpaired) electrons. The molecular formula is C17H25NO4. The first-order valence-electron chi connectivity index (χ1n) is 7.86. The van der Waals surface area contributed by atoms with Gasteiger partial charge in [0.05, 0.1) is 19.8 Å². The molecule has 1 saturated heterocycles. The van der Waals surface area contributed by atoms with Crippen LogP contribution in [0, 0.1) is 0 Å². The molecular weight excluding hydrogens is 282 g/mol. The second kappa shape index (κ2) is 8.76. The van der Waals surface area contributed by atoms with Crippen LogP contribution in [0.15, 0.2) is 24.3 Å². The van der Waals surface area contributed by atoms with Crippen molar-refractivity contribution in [2.24, 2.45) is 0 Å². The number of methoxy groups -OCH3 is 1. The van der Waals surface area contributed by atoms with Gasteiger partial charge in [0.15, 0.2) is 0 Å². The van der Waals surface area contributed by atoms with Gasteiger partial charge in [-0.2, -0.15) is 0 Å². The molecule has 1 fully saturated rings. The zero-order valence-electron chi connectivity index (χ0n) is 13.2. The van der Waals surface area contributed by atoms with E-state index in [-0.39, 0.29) is 12.5 Å². The van der Waals surface area contributed by atoms with Gasteiger partial charge < -0.3 is 19.5 Å². The maximum Gasteiger partial charge on any atom is 0.303 e. The van der Waals surface area contributed by atoms with Gasteiger partial charge >= 0.3 is 5.97 Å². The van der Waals surface area contributed by atoms with Crippen molar-refractivity contribution in [3.8, 4) is 5.75 Å². The zero-order valence-corrected chi connectivity index (χ0v) is 13.2. The number of aliphatic carboxylic acids is 1. The van der Waals surface area contributed by atoms with Crippen LogP contribution in [0.4, 0.5) is 0 Å². The molecule has 1 heterocycles. The lowest BCUT2D eigenvalue weighted by Gasteiger charge is -2.31. The van der Waals surface area contributed by atoms with E-state index in [1.54, 1.807) is 7.11 Å². The molecule has 0 unspecified atom stereocenters. The first-order valence-corrected chi connectivity index (χ1v) is 7.86. The van der Waals surface area contributed by atoms with Crippen molar-refractivity contribution >= 4 is 5.97 Å². The number of ether oxygens (including phenoxy) is 2. The molecule has 0 bridgehead atoms. The largest absolute Gasteiger partial charge is 0.496 e. The third-order valence-electron chi connectivity index (χ3n) is 4.07. The highest BCUT2D eigenvalue weighted by Crippen LogP contribution is 2.21. The summed E-state index contributed by atoms with van der Waals surface area (Å²) in [7, 11) is 1.68. The molecule has 22 heavy (non-hydrogen) atoms. The van der Waals surface area contributed by atoms with Crippen LogP contribution in [-0.4, -0.2) is 48.8 Å². The number of carboxylic acid groups (broad SMARTS) is 1. The second-order valence-electron chi connectivity index (χ2n) is 5.66. The van der Waals surface area contributed by atoms with Crippen molar-refractivity contribution in [2.45, 2.75) is 38.4 Å². The van der Waals surface area contributed by atoms with Gasteiger partial charge in [-0.05, 0) is 31.9 Å². The fourth-order valence-electron chi connectivity index (χ4n) is 2.78. The molecule has 5 nitrogen and oxygen atoms in total. The van der Waals surface area contributed by atoms with Gasteiger partial charge in [0.2, 0.25) is 0 Å². The molecule has 5 heteroatoms. The molecule has 122 valence electrons. The van der Waals surface area contributed by atoms with Gasteiger partial charge in [0.25, 0.3) is 0 Å². The fourth-order valence-corrected chi connectivity index (χ4v) is 2.78. The Morgan fingerprint density at radius 1 is 1.32 bits per heavy atom. The van der Waals surface area contributed by atoms with Crippen molar-refractivity contribution in [1.29, 1.82) is 0 Å². The highest BCUT2D eigenvalue weighted by atomic mass is 16.5. The molecule has 1 aromatic carbocycles. The van der Waals surface area contributed by atoms with E-state index in [1.807, 2.05) is 24.3 Å². The number of piperidine rings is 1. The Balaban J connectivity index is 1.68. The monoisotopic (exact) mass is 307 g/mol. The lowest BCUT2D eigenvalue weighted by molar-refractivity contribution is -0.137. The van der Waals surface area contributed by atoms with Gasteiger partial charge in [0.1, 0.15) is 5.75 Å². The number of para-hydroxylation sites is 1. The predicted molar refractivity (Wildman–Crippen MR) is 84.1 cm³/mol. The van der Waals surface area contributed by atoms with E-state index in [1.165, 1.54) is 0 Å². The molecule has 1 aliphatic rings. The van der Waals surface area contributed by atoms with Crippen LogP contribution in [0.1, 0.15) is 31.2 Å². The molecule has 1 N–H and O–H groups in total. The van der Waals surface area contributed by atoms with Crippen LogP contribution < -0.4 is 4.74 Å². The lowest BCUT2D eigenvalue weighted by Crippen LogP contribution is -2.37. The van der Waals surface area contributed by atoms with Crippen LogP contribution in [0.2, 0.25) is 0 Å². The van der Waals surface area contributed by atoms with Crippen molar-refractivity contribution in [3.05, 3.63) is 29.8 Å². The molecule has 1 aliphatic heterocycles. The Bertz CT molecular complexity index is 469. The average Bonchev–Trinajstić information content (AvgIpc) is 2.54. The van der Waals surface area contributed by atoms with Crippen LogP contribution in [0.25, 0.3) is 0 Å². The summed E-state index contributed by atoms with van der Waals surface area (Å²) in [5.41, 5.74) is 1.08. The van der Waals surface area contributed by atoms with Crippen LogP contribution in [0.5, 0.6) is 5.75 Å². The Hall–Kier alpha value is -1.59. The Morgan fingerprint density at radius 2 is 2.05 bits per heavy atom. The topological polar surface area (TPSA) is 59.0 Å². The lowest BCUT2D eigenvalue weighted by atomic mass is 10.1. The number of carbonyl (C=O) groups is 1. The SMILES string of the molecule is COc1ccccc1COC1CCN(CCCC(=O)O)CC1. The standard InChI is InChI=1S/C17H25NO4/c1-21-16-6-3-2-5-14(16)13-22-15-8-11-18(12-9-15)10-4-7-17(19)20/h2-3,5-6,15H,4,7-13H2,1H3,(H,19,20). The highest BCUT2D eigenvalue weighted by Gasteiger charge is 2.19. The van der Waals surface area contributed by atoms with Crippen molar-refractivity contribution < 1.29 is 19.4 Å². The Morgan fingerprint density at radius 3 is 2.73 bits per heavy atom. The van der Waals surface area contributed by atoms with Crippen molar-refractivity contribution in [1.82, 2.24) is 4.90 Å². The van der Waals surface area contributed by atoms with E-state index in [4.69, 9.17) is 14.6 Å². The van der Waals surface area contributed by atoms with Crippen LogP contribution in [-0.2, 0) is 16.1 Å².